The van der Waals surface area contributed by atoms with E-state index in [0.29, 0.717) is 30.3 Å². The van der Waals surface area contributed by atoms with Gasteiger partial charge in [0, 0.05) is 24.7 Å². The SMILES string of the molecule is O=C(C[C@@H]1SC2=NCCN2C1=O)Nc1ccc2c(c1)OCO2. The van der Waals surface area contributed by atoms with Crippen LogP contribution in [0, 0.1) is 0 Å². The molecule has 22 heavy (non-hydrogen) atoms. The molecule has 4 rings (SSSR count). The quantitative estimate of drug-likeness (QED) is 0.901. The maximum atomic E-state index is 12.1. The first-order valence-corrected chi connectivity index (χ1v) is 7.81. The van der Waals surface area contributed by atoms with Crippen molar-refractivity contribution < 1.29 is 19.1 Å². The maximum absolute atomic E-state index is 12.1. The van der Waals surface area contributed by atoms with Crippen molar-refractivity contribution in [2.45, 2.75) is 11.7 Å². The van der Waals surface area contributed by atoms with Gasteiger partial charge in [-0.15, -0.1) is 0 Å². The molecule has 7 nitrogen and oxygen atoms in total. The van der Waals surface area contributed by atoms with Gasteiger partial charge in [0.05, 0.1) is 6.54 Å². The van der Waals surface area contributed by atoms with Crippen LogP contribution in [0.5, 0.6) is 11.5 Å². The van der Waals surface area contributed by atoms with Crippen molar-refractivity contribution in [3.05, 3.63) is 18.2 Å². The Morgan fingerprint density at radius 1 is 1.41 bits per heavy atom. The van der Waals surface area contributed by atoms with Crippen LogP contribution in [-0.2, 0) is 9.59 Å². The number of nitrogens with zero attached hydrogens (tertiary/aromatic N) is 2. The molecule has 114 valence electrons. The average Bonchev–Trinajstić information content (AvgIpc) is 3.18. The number of ether oxygens (including phenoxy) is 2. The minimum absolute atomic E-state index is 0.0258. The fraction of sp³-hybridized carbons (Fsp3) is 0.357. The van der Waals surface area contributed by atoms with Gasteiger partial charge in [-0.3, -0.25) is 19.5 Å². The van der Waals surface area contributed by atoms with Crippen LogP contribution in [0.3, 0.4) is 0 Å². The standard InChI is InChI=1S/C14H13N3O4S/c18-12(6-11-13(19)17-4-3-15-14(17)22-11)16-8-1-2-9-10(5-8)21-7-20-9/h1-2,5,11H,3-4,6-7H2,(H,16,18)/t11-/m0/s1. The van der Waals surface area contributed by atoms with E-state index in [2.05, 4.69) is 10.3 Å². The van der Waals surface area contributed by atoms with E-state index in [-0.39, 0.29) is 30.3 Å². The molecule has 0 radical (unpaired) electrons. The molecule has 1 aromatic rings. The van der Waals surface area contributed by atoms with Gasteiger partial charge in [-0.1, -0.05) is 11.8 Å². The van der Waals surface area contributed by atoms with Gasteiger partial charge in [-0.05, 0) is 12.1 Å². The summed E-state index contributed by atoms with van der Waals surface area (Å²) in [4.78, 5) is 30.2. The highest BCUT2D eigenvalue weighted by Crippen LogP contribution is 2.35. The predicted molar refractivity (Wildman–Crippen MR) is 81.2 cm³/mol. The second kappa shape index (κ2) is 5.20. The third kappa shape index (κ3) is 2.29. The summed E-state index contributed by atoms with van der Waals surface area (Å²) in [6.45, 7) is 1.48. The van der Waals surface area contributed by atoms with Gasteiger partial charge >= 0.3 is 0 Å². The van der Waals surface area contributed by atoms with Crippen LogP contribution in [0.15, 0.2) is 23.2 Å². The smallest absolute Gasteiger partial charge is 0.242 e. The van der Waals surface area contributed by atoms with Gasteiger partial charge in [-0.25, -0.2) is 0 Å². The molecule has 0 aliphatic carbocycles. The molecule has 0 aromatic heterocycles. The Bertz CT molecular complexity index is 691. The summed E-state index contributed by atoms with van der Waals surface area (Å²) in [5, 5.41) is 3.15. The first-order chi connectivity index (χ1) is 10.7. The van der Waals surface area contributed by atoms with Gasteiger partial charge in [0.1, 0.15) is 5.25 Å². The number of carbonyl (C=O) groups excluding carboxylic acids is 2. The van der Waals surface area contributed by atoms with Crippen LogP contribution >= 0.6 is 11.8 Å². The minimum atomic E-state index is -0.381. The van der Waals surface area contributed by atoms with Gasteiger partial charge in [-0.2, -0.15) is 0 Å². The van der Waals surface area contributed by atoms with Crippen LogP contribution in [0.2, 0.25) is 0 Å². The number of benzene rings is 1. The highest BCUT2D eigenvalue weighted by Gasteiger charge is 2.40. The second-order valence-electron chi connectivity index (χ2n) is 5.08. The second-order valence-corrected chi connectivity index (χ2v) is 6.25. The summed E-state index contributed by atoms with van der Waals surface area (Å²) < 4.78 is 10.5. The van der Waals surface area contributed by atoms with Gasteiger partial charge < -0.3 is 14.8 Å². The Labute approximate surface area is 130 Å². The van der Waals surface area contributed by atoms with Crippen molar-refractivity contribution in [3.8, 4) is 11.5 Å². The summed E-state index contributed by atoms with van der Waals surface area (Å²) >= 11 is 1.37. The van der Waals surface area contributed by atoms with Crippen LogP contribution < -0.4 is 14.8 Å². The molecule has 1 aromatic carbocycles. The van der Waals surface area contributed by atoms with Crippen LogP contribution in [0.4, 0.5) is 5.69 Å². The van der Waals surface area contributed by atoms with E-state index in [1.165, 1.54) is 11.8 Å². The zero-order valence-electron chi connectivity index (χ0n) is 11.6. The lowest BCUT2D eigenvalue weighted by Crippen LogP contribution is -2.32. The van der Waals surface area contributed by atoms with Crippen LogP contribution in [0.1, 0.15) is 6.42 Å². The van der Waals surface area contributed by atoms with Crippen LogP contribution in [-0.4, -0.2) is 47.0 Å². The van der Waals surface area contributed by atoms with Gasteiger partial charge in [0.15, 0.2) is 16.7 Å². The number of hydrogen-bond donors (Lipinski definition) is 1. The molecule has 1 fully saturated rings. The van der Waals surface area contributed by atoms with Crippen LogP contribution in [0.25, 0.3) is 0 Å². The Morgan fingerprint density at radius 3 is 3.14 bits per heavy atom. The van der Waals surface area contributed by atoms with Gasteiger partial charge in [0.2, 0.25) is 18.6 Å². The van der Waals surface area contributed by atoms with E-state index in [1.54, 1.807) is 23.1 Å². The van der Waals surface area contributed by atoms with Crippen molar-refractivity contribution in [1.29, 1.82) is 0 Å². The number of aliphatic imine (C=N–C) groups is 1. The predicted octanol–water partition coefficient (Wildman–Crippen LogP) is 1.06. The Morgan fingerprint density at radius 2 is 2.27 bits per heavy atom. The zero-order chi connectivity index (χ0) is 15.1. The third-order valence-electron chi connectivity index (χ3n) is 3.62. The number of rotatable bonds is 3. The highest BCUT2D eigenvalue weighted by atomic mass is 32.2. The summed E-state index contributed by atoms with van der Waals surface area (Å²) in [5.41, 5.74) is 0.627. The molecular weight excluding hydrogens is 306 g/mol. The first-order valence-electron chi connectivity index (χ1n) is 6.93. The number of thioether (sulfide) groups is 1. The van der Waals surface area contributed by atoms with E-state index in [0.717, 1.165) is 5.17 Å². The largest absolute Gasteiger partial charge is 0.454 e. The molecular formula is C14H13N3O4S. The topological polar surface area (TPSA) is 80.2 Å². The van der Waals surface area contributed by atoms with Crippen molar-refractivity contribution in [1.82, 2.24) is 4.90 Å². The number of hydrogen-bond acceptors (Lipinski definition) is 6. The fourth-order valence-corrected chi connectivity index (χ4v) is 3.76. The maximum Gasteiger partial charge on any atom is 0.242 e. The van der Waals surface area contributed by atoms with Crippen molar-refractivity contribution in [2.24, 2.45) is 4.99 Å². The number of fused-ring (bicyclic) bond motifs is 2. The van der Waals surface area contributed by atoms with Crippen molar-refractivity contribution in [2.75, 3.05) is 25.2 Å². The number of nitrogens with one attached hydrogen (secondary N) is 1. The van der Waals surface area contributed by atoms with E-state index < -0.39 is 0 Å². The summed E-state index contributed by atoms with van der Waals surface area (Å²) in [5.74, 6) is 1.05. The molecule has 1 atom stereocenters. The van der Waals surface area contributed by atoms with E-state index in [1.807, 2.05) is 0 Å². The molecule has 1 N–H and O–H groups in total. The number of carbonyl (C=O) groups is 2. The Balaban J connectivity index is 1.40. The van der Waals surface area contributed by atoms with E-state index >= 15 is 0 Å². The Hall–Kier alpha value is -2.22. The first kappa shape index (κ1) is 13.4. The normalized spacial score (nSPS) is 21.8. The third-order valence-corrected chi connectivity index (χ3v) is 4.83. The lowest BCUT2D eigenvalue weighted by molar-refractivity contribution is -0.127. The summed E-state index contributed by atoms with van der Waals surface area (Å²) in [6, 6.07) is 5.21. The molecule has 0 saturated carbocycles. The summed E-state index contributed by atoms with van der Waals surface area (Å²) in [6.07, 6.45) is 0.132. The molecule has 0 spiro atoms. The lowest BCUT2D eigenvalue weighted by Gasteiger charge is -2.10. The molecule has 0 unspecified atom stereocenters. The molecule has 3 heterocycles. The fourth-order valence-electron chi connectivity index (χ4n) is 2.57. The minimum Gasteiger partial charge on any atom is -0.454 e. The molecule has 3 aliphatic heterocycles. The molecule has 2 amide bonds. The number of amides is 2. The molecule has 0 bridgehead atoms. The monoisotopic (exact) mass is 319 g/mol. The molecule has 1 saturated heterocycles. The highest BCUT2D eigenvalue weighted by molar-refractivity contribution is 8.15. The lowest BCUT2D eigenvalue weighted by atomic mass is 10.2. The zero-order valence-corrected chi connectivity index (χ0v) is 12.4. The number of anilines is 1. The van der Waals surface area contributed by atoms with E-state index in [4.69, 9.17) is 9.47 Å². The van der Waals surface area contributed by atoms with Crippen molar-refractivity contribution >= 4 is 34.4 Å². The Kier molecular flexibility index (Phi) is 3.18. The number of amidine groups is 1. The average molecular weight is 319 g/mol. The summed E-state index contributed by atoms with van der Waals surface area (Å²) in [7, 11) is 0. The van der Waals surface area contributed by atoms with Gasteiger partial charge in [0.25, 0.3) is 0 Å². The molecule has 8 heteroatoms. The van der Waals surface area contributed by atoms with Crippen molar-refractivity contribution in [3.63, 3.8) is 0 Å². The van der Waals surface area contributed by atoms with E-state index in [9.17, 15) is 9.59 Å². The molecule has 3 aliphatic rings.